The Kier molecular flexibility index (Phi) is 1.38. The predicted molar refractivity (Wildman–Crippen MR) is 32.3 cm³/mol. The number of nitrogens with zero attached hydrogens (tertiary/aromatic N) is 2. The van der Waals surface area contributed by atoms with Crippen molar-refractivity contribution in [3.8, 4) is 0 Å². The van der Waals surface area contributed by atoms with Gasteiger partial charge in [0.15, 0.2) is 0 Å². The minimum atomic E-state index is -0.354. The molecule has 0 N–H and O–H groups in total. The molecule has 0 aromatic heterocycles. The summed E-state index contributed by atoms with van der Waals surface area (Å²) in [5, 5.41) is 10.1. The molecule has 4 nitrogen and oxygen atoms in total. The molecule has 50 valence electrons. The first-order chi connectivity index (χ1) is 4.22. The molecule has 0 saturated heterocycles. The summed E-state index contributed by atoms with van der Waals surface area (Å²) in [6.07, 6.45) is 2.44. The van der Waals surface area contributed by atoms with Crippen molar-refractivity contribution in [2.24, 2.45) is 0 Å². The molecule has 0 fully saturated rings. The molecule has 0 radical (unpaired) electrons. The summed E-state index contributed by atoms with van der Waals surface area (Å²) < 4.78 is 0. The van der Waals surface area contributed by atoms with E-state index in [4.69, 9.17) is 0 Å². The lowest BCUT2D eigenvalue weighted by Gasteiger charge is -2.05. The Bertz CT molecular complexity index is 164. The summed E-state index contributed by atoms with van der Waals surface area (Å²) in [4.78, 5) is 11.4. The summed E-state index contributed by atoms with van der Waals surface area (Å²) in [7, 11) is 1.72. The van der Waals surface area contributed by atoms with Gasteiger partial charge in [-0.25, -0.2) is 0 Å². The first-order valence-corrected chi connectivity index (χ1v) is 2.77. The van der Waals surface area contributed by atoms with Crippen LogP contribution in [-0.4, -0.2) is 23.4 Å². The van der Waals surface area contributed by atoms with E-state index in [0.717, 1.165) is 13.0 Å². The van der Waals surface area contributed by atoms with E-state index in [1.807, 2.05) is 0 Å². The normalized spacial score (nSPS) is 17.9. The highest BCUT2D eigenvalue weighted by Crippen LogP contribution is 2.11. The van der Waals surface area contributed by atoms with E-state index >= 15 is 0 Å². The molecule has 1 rings (SSSR count). The van der Waals surface area contributed by atoms with Gasteiger partial charge < -0.3 is 10.1 Å². The molecule has 1 heterocycles. The fourth-order valence-electron chi connectivity index (χ4n) is 0.872. The summed E-state index contributed by atoms with van der Waals surface area (Å²) in [5.74, 6) is 0.231. The lowest BCUT2D eigenvalue weighted by atomic mass is 10.5. The molecule has 0 aromatic rings. The van der Waals surface area contributed by atoms with E-state index in [2.05, 4.69) is 0 Å². The van der Waals surface area contributed by atoms with Gasteiger partial charge in [0, 0.05) is 12.5 Å². The second kappa shape index (κ2) is 2.05. The van der Waals surface area contributed by atoms with E-state index in [1.165, 1.54) is 0 Å². The summed E-state index contributed by atoms with van der Waals surface area (Å²) >= 11 is 0. The largest absolute Gasteiger partial charge is 0.358 e. The Balaban J connectivity index is 2.68. The van der Waals surface area contributed by atoms with Crippen LogP contribution in [0.25, 0.3) is 0 Å². The minimum Gasteiger partial charge on any atom is -0.358 e. The highest BCUT2D eigenvalue weighted by Gasteiger charge is 2.20. The monoisotopic (exact) mass is 128 g/mol. The number of rotatable bonds is 1. The zero-order valence-electron chi connectivity index (χ0n) is 5.20. The van der Waals surface area contributed by atoms with Gasteiger partial charge in [0.05, 0.1) is 13.6 Å². The number of nitro groups is 1. The van der Waals surface area contributed by atoms with Crippen LogP contribution in [0.5, 0.6) is 0 Å². The highest BCUT2D eigenvalue weighted by molar-refractivity contribution is 4.97. The molecule has 1 aliphatic rings. The average Bonchev–Trinajstić information content (AvgIpc) is 2.13. The van der Waals surface area contributed by atoms with E-state index < -0.39 is 0 Å². The zero-order chi connectivity index (χ0) is 6.85. The number of hydrogen-bond acceptors (Lipinski definition) is 3. The fourth-order valence-corrected chi connectivity index (χ4v) is 0.872. The maximum absolute atomic E-state index is 10.1. The Morgan fingerprint density at radius 2 is 2.56 bits per heavy atom. The van der Waals surface area contributed by atoms with Gasteiger partial charge in [-0.05, 0) is 4.92 Å². The molecule has 0 unspecified atom stereocenters. The summed E-state index contributed by atoms with van der Waals surface area (Å²) in [6, 6.07) is 0. The second-order valence-corrected chi connectivity index (χ2v) is 2.03. The van der Waals surface area contributed by atoms with Crippen molar-refractivity contribution in [1.82, 2.24) is 4.90 Å². The topological polar surface area (TPSA) is 46.4 Å². The molecule has 0 amide bonds. The van der Waals surface area contributed by atoms with Crippen LogP contribution in [0.15, 0.2) is 11.9 Å². The van der Waals surface area contributed by atoms with Gasteiger partial charge in [-0.2, -0.15) is 0 Å². The van der Waals surface area contributed by atoms with Gasteiger partial charge in [0.25, 0.3) is 0 Å². The van der Waals surface area contributed by atoms with Gasteiger partial charge in [-0.15, -0.1) is 0 Å². The van der Waals surface area contributed by atoms with Gasteiger partial charge in [0.1, 0.15) is 0 Å². The average molecular weight is 128 g/mol. The molecule has 1 aliphatic heterocycles. The molecule has 0 aromatic carbocycles. The van der Waals surface area contributed by atoms with Crippen molar-refractivity contribution in [2.75, 3.05) is 13.6 Å². The Morgan fingerprint density at radius 1 is 1.89 bits per heavy atom. The van der Waals surface area contributed by atoms with Crippen LogP contribution in [0, 0.1) is 10.1 Å². The van der Waals surface area contributed by atoms with Crippen molar-refractivity contribution in [3.05, 3.63) is 22.0 Å². The maximum Gasteiger partial charge on any atom is 0.314 e. The Hall–Kier alpha value is -1.06. The molecular formula is C5H8N2O2. The van der Waals surface area contributed by atoms with Crippen LogP contribution in [0.4, 0.5) is 0 Å². The van der Waals surface area contributed by atoms with Crippen molar-refractivity contribution in [3.63, 3.8) is 0 Å². The Labute approximate surface area is 52.9 Å². The first-order valence-electron chi connectivity index (χ1n) is 2.77. The molecule has 0 spiro atoms. The van der Waals surface area contributed by atoms with Crippen molar-refractivity contribution in [1.29, 1.82) is 0 Å². The lowest BCUT2D eigenvalue weighted by Crippen LogP contribution is -2.18. The molecule has 0 bridgehead atoms. The van der Waals surface area contributed by atoms with Crippen molar-refractivity contribution >= 4 is 0 Å². The summed E-state index contributed by atoms with van der Waals surface area (Å²) in [5.41, 5.74) is 0. The van der Waals surface area contributed by atoms with E-state index in [9.17, 15) is 10.1 Å². The van der Waals surface area contributed by atoms with Gasteiger partial charge in [-0.1, -0.05) is 0 Å². The fraction of sp³-hybridized carbons (Fsp3) is 0.600. The van der Waals surface area contributed by atoms with Crippen LogP contribution >= 0.6 is 0 Å². The third kappa shape index (κ3) is 1.01. The SMILES string of the molecule is CN1CCC=C1[N+](=O)[O-]. The van der Waals surface area contributed by atoms with E-state index in [-0.39, 0.29) is 10.7 Å². The lowest BCUT2D eigenvalue weighted by molar-refractivity contribution is -0.443. The first kappa shape index (κ1) is 6.07. The van der Waals surface area contributed by atoms with Crippen molar-refractivity contribution in [2.45, 2.75) is 6.42 Å². The zero-order valence-corrected chi connectivity index (χ0v) is 5.20. The molecule has 0 atom stereocenters. The summed E-state index contributed by atoms with van der Waals surface area (Å²) in [6.45, 7) is 0.774. The second-order valence-electron chi connectivity index (χ2n) is 2.03. The molecular weight excluding hydrogens is 120 g/mol. The third-order valence-corrected chi connectivity index (χ3v) is 1.37. The van der Waals surface area contributed by atoms with Gasteiger partial charge in [0.2, 0.25) is 0 Å². The number of hydrogen-bond donors (Lipinski definition) is 0. The van der Waals surface area contributed by atoms with Gasteiger partial charge >= 0.3 is 5.82 Å². The third-order valence-electron chi connectivity index (χ3n) is 1.37. The van der Waals surface area contributed by atoms with Crippen LogP contribution in [0.3, 0.4) is 0 Å². The van der Waals surface area contributed by atoms with E-state index in [1.54, 1.807) is 18.0 Å². The van der Waals surface area contributed by atoms with Crippen LogP contribution < -0.4 is 0 Å². The predicted octanol–water partition coefficient (Wildman–Crippen LogP) is 0.440. The Morgan fingerprint density at radius 3 is 2.78 bits per heavy atom. The van der Waals surface area contributed by atoms with E-state index in [0.29, 0.717) is 0 Å². The highest BCUT2D eigenvalue weighted by atomic mass is 16.6. The minimum absolute atomic E-state index is 0.231. The van der Waals surface area contributed by atoms with Crippen LogP contribution in [0.1, 0.15) is 6.42 Å². The standard InChI is InChI=1S/C5H8N2O2/c1-6-4-2-3-5(6)7(8)9/h3H,2,4H2,1H3. The molecule has 0 saturated carbocycles. The quantitative estimate of drug-likeness (QED) is 0.380. The van der Waals surface area contributed by atoms with Crippen LogP contribution in [-0.2, 0) is 0 Å². The maximum atomic E-state index is 10.1. The van der Waals surface area contributed by atoms with Crippen molar-refractivity contribution < 1.29 is 4.92 Å². The molecule has 0 aliphatic carbocycles. The molecule has 4 heteroatoms. The van der Waals surface area contributed by atoms with Gasteiger partial charge in [-0.3, -0.25) is 4.90 Å². The van der Waals surface area contributed by atoms with Crippen LogP contribution in [0.2, 0.25) is 0 Å². The smallest absolute Gasteiger partial charge is 0.314 e. The molecule has 9 heavy (non-hydrogen) atoms.